The van der Waals surface area contributed by atoms with E-state index in [-0.39, 0.29) is 5.91 Å². The summed E-state index contributed by atoms with van der Waals surface area (Å²) >= 11 is 6.11. The molecule has 24 heavy (non-hydrogen) atoms. The molecule has 0 unspecified atom stereocenters. The summed E-state index contributed by atoms with van der Waals surface area (Å²) in [4.78, 5) is 23.5. The Labute approximate surface area is 146 Å². The molecular weight excluding hydrogens is 324 g/mol. The van der Waals surface area contributed by atoms with Crippen molar-refractivity contribution >= 4 is 34.2 Å². The third-order valence-electron chi connectivity index (χ3n) is 4.71. The fraction of sp³-hybridized carbons (Fsp3) is 0.500. The predicted octanol–water partition coefficient (Wildman–Crippen LogP) is 3.59. The molecule has 1 aromatic heterocycles. The molecule has 0 atom stereocenters. The van der Waals surface area contributed by atoms with Gasteiger partial charge in [-0.15, -0.1) is 0 Å². The second-order valence-corrected chi connectivity index (χ2v) is 7.07. The van der Waals surface area contributed by atoms with Crippen molar-refractivity contribution in [1.29, 1.82) is 0 Å². The normalized spacial score (nSPS) is 17.5. The number of benzene rings is 1. The summed E-state index contributed by atoms with van der Waals surface area (Å²) in [6.45, 7) is 2.40. The molecule has 4 rings (SSSR count). The maximum atomic E-state index is 12.2. The zero-order chi connectivity index (χ0) is 16.5. The van der Waals surface area contributed by atoms with Gasteiger partial charge in [-0.3, -0.25) is 4.79 Å². The smallest absolute Gasteiger partial charge is 0.224 e. The second kappa shape index (κ2) is 6.55. The van der Waals surface area contributed by atoms with E-state index in [1.54, 1.807) is 0 Å². The van der Waals surface area contributed by atoms with Gasteiger partial charge in [-0.1, -0.05) is 11.6 Å². The van der Waals surface area contributed by atoms with Gasteiger partial charge in [0.2, 0.25) is 5.91 Å². The van der Waals surface area contributed by atoms with Crippen molar-refractivity contribution in [3.05, 3.63) is 29.0 Å². The molecule has 1 saturated carbocycles. The Bertz CT molecular complexity index is 769. The molecule has 1 saturated heterocycles. The SMILES string of the molecule is O=C(CCNc1nc(C2CC2)nc2cc(Cl)ccc12)N1CCCC1. The number of nitrogens with one attached hydrogen (secondary N) is 1. The quantitative estimate of drug-likeness (QED) is 0.900. The Kier molecular flexibility index (Phi) is 4.27. The van der Waals surface area contributed by atoms with E-state index >= 15 is 0 Å². The van der Waals surface area contributed by atoms with Crippen molar-refractivity contribution < 1.29 is 4.79 Å². The summed E-state index contributed by atoms with van der Waals surface area (Å²) in [5.41, 5.74) is 0.868. The van der Waals surface area contributed by atoms with Crippen molar-refractivity contribution in [1.82, 2.24) is 14.9 Å². The highest BCUT2D eigenvalue weighted by Crippen LogP contribution is 2.39. The Balaban J connectivity index is 1.50. The van der Waals surface area contributed by atoms with E-state index in [0.717, 1.165) is 61.3 Å². The van der Waals surface area contributed by atoms with Crippen LogP contribution in [0.3, 0.4) is 0 Å². The molecule has 1 aliphatic carbocycles. The minimum Gasteiger partial charge on any atom is -0.369 e. The molecule has 1 aliphatic heterocycles. The maximum absolute atomic E-state index is 12.2. The van der Waals surface area contributed by atoms with Gasteiger partial charge in [-0.2, -0.15) is 0 Å². The first-order valence-corrected chi connectivity index (χ1v) is 9.07. The molecule has 2 aromatic rings. The Morgan fingerprint density at radius 3 is 2.79 bits per heavy atom. The van der Waals surface area contributed by atoms with Crippen LogP contribution in [-0.2, 0) is 4.79 Å². The minimum atomic E-state index is 0.226. The number of halogens is 1. The zero-order valence-corrected chi connectivity index (χ0v) is 14.4. The lowest BCUT2D eigenvalue weighted by atomic mass is 10.2. The van der Waals surface area contributed by atoms with Crippen LogP contribution in [0.25, 0.3) is 10.9 Å². The predicted molar refractivity (Wildman–Crippen MR) is 95.4 cm³/mol. The number of anilines is 1. The van der Waals surface area contributed by atoms with E-state index < -0.39 is 0 Å². The number of hydrogen-bond donors (Lipinski definition) is 1. The van der Waals surface area contributed by atoms with Gasteiger partial charge in [0, 0.05) is 42.4 Å². The zero-order valence-electron chi connectivity index (χ0n) is 13.6. The average molecular weight is 345 g/mol. The maximum Gasteiger partial charge on any atom is 0.224 e. The second-order valence-electron chi connectivity index (χ2n) is 6.63. The van der Waals surface area contributed by atoms with Crippen LogP contribution in [0.1, 0.15) is 43.8 Å². The largest absolute Gasteiger partial charge is 0.369 e. The van der Waals surface area contributed by atoms with Crippen molar-refractivity contribution in [2.75, 3.05) is 25.0 Å². The molecule has 126 valence electrons. The summed E-state index contributed by atoms with van der Waals surface area (Å²) in [5.74, 6) is 2.40. The summed E-state index contributed by atoms with van der Waals surface area (Å²) in [6, 6.07) is 5.68. The van der Waals surface area contributed by atoms with Crippen LogP contribution >= 0.6 is 11.6 Å². The highest BCUT2D eigenvalue weighted by atomic mass is 35.5. The van der Waals surface area contributed by atoms with Gasteiger partial charge in [-0.25, -0.2) is 9.97 Å². The van der Waals surface area contributed by atoms with Crippen molar-refractivity contribution in [3.63, 3.8) is 0 Å². The highest BCUT2D eigenvalue weighted by molar-refractivity contribution is 6.31. The number of rotatable bonds is 5. The van der Waals surface area contributed by atoms with Crippen LogP contribution in [-0.4, -0.2) is 40.4 Å². The van der Waals surface area contributed by atoms with Gasteiger partial charge in [-0.05, 0) is 43.9 Å². The lowest BCUT2D eigenvalue weighted by Gasteiger charge is -2.16. The molecule has 0 bridgehead atoms. The first kappa shape index (κ1) is 15.6. The molecule has 2 aliphatic rings. The number of likely N-dealkylation sites (tertiary alicyclic amines) is 1. The van der Waals surface area contributed by atoms with Gasteiger partial charge in [0.1, 0.15) is 11.6 Å². The third-order valence-corrected chi connectivity index (χ3v) is 4.94. The number of fused-ring (bicyclic) bond motifs is 1. The van der Waals surface area contributed by atoms with Gasteiger partial charge >= 0.3 is 0 Å². The Morgan fingerprint density at radius 2 is 2.04 bits per heavy atom. The monoisotopic (exact) mass is 344 g/mol. The van der Waals surface area contributed by atoms with E-state index in [2.05, 4.69) is 10.3 Å². The molecular formula is C18H21ClN4O. The molecule has 2 fully saturated rings. The van der Waals surface area contributed by atoms with Gasteiger partial charge in [0.05, 0.1) is 5.52 Å². The number of carbonyl (C=O) groups excluding carboxylic acids is 1. The van der Waals surface area contributed by atoms with E-state index in [0.29, 0.717) is 23.9 Å². The lowest BCUT2D eigenvalue weighted by molar-refractivity contribution is -0.129. The topological polar surface area (TPSA) is 58.1 Å². The van der Waals surface area contributed by atoms with E-state index in [9.17, 15) is 4.79 Å². The van der Waals surface area contributed by atoms with Crippen molar-refractivity contribution in [2.24, 2.45) is 0 Å². The Morgan fingerprint density at radius 1 is 1.25 bits per heavy atom. The van der Waals surface area contributed by atoms with Crippen LogP contribution in [0.15, 0.2) is 18.2 Å². The molecule has 6 heteroatoms. The average Bonchev–Trinajstić information content (AvgIpc) is 3.28. The summed E-state index contributed by atoms with van der Waals surface area (Å²) in [6.07, 6.45) is 5.05. The molecule has 1 amide bonds. The van der Waals surface area contributed by atoms with Crippen LogP contribution in [0.5, 0.6) is 0 Å². The van der Waals surface area contributed by atoms with Gasteiger partial charge < -0.3 is 10.2 Å². The number of hydrogen-bond acceptors (Lipinski definition) is 4. The molecule has 5 nitrogen and oxygen atoms in total. The Hall–Kier alpha value is -1.88. The standard InChI is InChI=1S/C18H21ClN4O/c19-13-5-6-14-15(11-13)21-17(12-3-4-12)22-18(14)20-8-7-16(24)23-9-1-2-10-23/h5-6,11-12H,1-4,7-10H2,(H,20,21,22). The van der Waals surface area contributed by atoms with Crippen LogP contribution in [0.2, 0.25) is 5.02 Å². The minimum absolute atomic E-state index is 0.226. The van der Waals surface area contributed by atoms with Crippen LogP contribution in [0, 0.1) is 0 Å². The van der Waals surface area contributed by atoms with Crippen molar-refractivity contribution in [3.8, 4) is 0 Å². The first-order chi connectivity index (χ1) is 11.7. The summed E-state index contributed by atoms with van der Waals surface area (Å²) < 4.78 is 0. The van der Waals surface area contributed by atoms with Gasteiger partial charge in [0.15, 0.2) is 0 Å². The highest BCUT2D eigenvalue weighted by Gasteiger charge is 2.27. The van der Waals surface area contributed by atoms with Crippen LogP contribution < -0.4 is 5.32 Å². The molecule has 1 aromatic carbocycles. The number of amides is 1. The number of aromatic nitrogens is 2. The summed E-state index contributed by atoms with van der Waals surface area (Å²) in [7, 11) is 0. The first-order valence-electron chi connectivity index (χ1n) is 8.69. The molecule has 2 heterocycles. The van der Waals surface area contributed by atoms with Gasteiger partial charge in [0.25, 0.3) is 0 Å². The third kappa shape index (κ3) is 3.31. The van der Waals surface area contributed by atoms with E-state index in [1.165, 1.54) is 0 Å². The number of carbonyl (C=O) groups is 1. The molecule has 0 spiro atoms. The van der Waals surface area contributed by atoms with E-state index in [1.807, 2.05) is 23.1 Å². The summed E-state index contributed by atoms with van der Waals surface area (Å²) in [5, 5.41) is 4.98. The fourth-order valence-electron chi connectivity index (χ4n) is 3.19. The van der Waals surface area contributed by atoms with E-state index in [4.69, 9.17) is 16.6 Å². The molecule has 0 radical (unpaired) electrons. The fourth-order valence-corrected chi connectivity index (χ4v) is 3.36. The van der Waals surface area contributed by atoms with Crippen LogP contribution in [0.4, 0.5) is 5.82 Å². The lowest BCUT2D eigenvalue weighted by Crippen LogP contribution is -2.29. The van der Waals surface area contributed by atoms with Crippen molar-refractivity contribution in [2.45, 2.75) is 38.0 Å². The number of nitrogens with zero attached hydrogens (tertiary/aromatic N) is 3. The molecule has 1 N–H and O–H groups in total.